The molecule has 0 atom stereocenters. The molecule has 0 amide bonds. The van der Waals surface area contributed by atoms with Gasteiger partial charge in [0.25, 0.3) is 6.71 Å². The summed E-state index contributed by atoms with van der Waals surface area (Å²) in [6.07, 6.45) is 0. The highest BCUT2D eigenvalue weighted by atomic mass is 16.3. The molecular formula is C106H88BN5O. The highest BCUT2D eigenvalue weighted by Gasteiger charge is 2.46. The normalized spacial score (nSPS) is 14.2. The number of para-hydroxylation sites is 4. The maximum absolute atomic E-state index is 9.94. The van der Waals surface area contributed by atoms with Gasteiger partial charge in [-0.05, 0) is 203 Å². The van der Waals surface area contributed by atoms with Gasteiger partial charge in [0.15, 0.2) is 0 Å². The Balaban J connectivity index is 0.969. The van der Waals surface area contributed by atoms with Crippen LogP contribution >= 0.6 is 0 Å². The van der Waals surface area contributed by atoms with Crippen LogP contribution < -0.4 is 26.2 Å². The van der Waals surface area contributed by atoms with Crippen molar-refractivity contribution >= 4 is 145 Å². The molecule has 546 valence electrons. The average molecular weight is 1470 g/mol. The molecule has 113 heavy (non-hydrogen) atoms. The minimum Gasteiger partial charge on any atom is -0.456 e. The summed E-state index contributed by atoms with van der Waals surface area (Å²) in [6, 6.07) is 94.2. The van der Waals surface area contributed by atoms with Gasteiger partial charge in [-0.15, -0.1) is 0 Å². The number of furan rings is 1. The van der Waals surface area contributed by atoms with E-state index in [1.165, 1.54) is 33.0 Å². The summed E-state index contributed by atoms with van der Waals surface area (Å²) in [5, 5.41) is 6.21. The second kappa shape index (κ2) is 24.8. The minimum atomic E-state index is -0.563. The van der Waals surface area contributed by atoms with Crippen LogP contribution in [0.25, 0.3) is 138 Å². The number of benzene rings is 15. The van der Waals surface area contributed by atoms with Crippen molar-refractivity contribution in [2.24, 2.45) is 0 Å². The highest BCUT2D eigenvalue weighted by molar-refractivity contribution is 7.00. The summed E-state index contributed by atoms with van der Waals surface area (Å²) in [7, 11) is 0. The van der Waals surface area contributed by atoms with Crippen LogP contribution in [0, 0.1) is 0 Å². The third kappa shape index (κ3) is 10.7. The Morgan fingerprint density at radius 2 is 0.752 bits per heavy atom. The molecule has 4 aromatic heterocycles. The van der Waals surface area contributed by atoms with Gasteiger partial charge in [0.05, 0.1) is 60.8 Å². The molecule has 0 saturated carbocycles. The van der Waals surface area contributed by atoms with E-state index < -0.39 is 43.0 Å². The third-order valence-electron chi connectivity index (χ3n) is 24.1. The van der Waals surface area contributed by atoms with E-state index in [0.717, 1.165) is 139 Å². The molecule has 6 heterocycles. The van der Waals surface area contributed by atoms with E-state index in [0.29, 0.717) is 16.9 Å². The zero-order chi connectivity index (χ0) is 83.8. The summed E-state index contributed by atoms with van der Waals surface area (Å²) >= 11 is 0. The summed E-state index contributed by atoms with van der Waals surface area (Å²) in [4.78, 5) is 5.02. The Kier molecular flexibility index (Phi) is 13.2. The maximum Gasteiger partial charge on any atom is 0.252 e. The van der Waals surface area contributed by atoms with E-state index >= 15 is 0 Å². The van der Waals surface area contributed by atoms with Crippen molar-refractivity contribution < 1.29 is 15.4 Å². The number of fused-ring (bicyclic) bond motifs is 16. The molecule has 19 aromatic rings. The van der Waals surface area contributed by atoms with Crippen LogP contribution in [0.15, 0.2) is 320 Å². The molecular weight excluding hydrogens is 1370 g/mol. The van der Waals surface area contributed by atoms with Gasteiger partial charge < -0.3 is 27.9 Å². The Bertz CT molecular complexity index is 7530. The lowest BCUT2D eigenvalue weighted by Crippen LogP contribution is -2.61. The lowest BCUT2D eigenvalue weighted by Gasteiger charge is -2.45. The second-order valence-electron chi connectivity index (χ2n) is 35.1. The van der Waals surface area contributed by atoms with Crippen molar-refractivity contribution in [3.63, 3.8) is 0 Å². The fourth-order valence-corrected chi connectivity index (χ4v) is 18.3. The molecule has 2 aliphatic heterocycles. The number of aromatic nitrogens is 3. The van der Waals surface area contributed by atoms with E-state index in [2.05, 4.69) is 345 Å². The van der Waals surface area contributed by atoms with Crippen molar-refractivity contribution in [2.75, 3.05) is 9.80 Å². The van der Waals surface area contributed by atoms with Gasteiger partial charge in [-0.2, -0.15) is 0 Å². The molecule has 21 rings (SSSR count). The zero-order valence-electron chi connectivity index (χ0n) is 73.6. The molecule has 0 unspecified atom stereocenters. The molecule has 0 N–H and O–H groups in total. The highest BCUT2D eigenvalue weighted by Crippen LogP contribution is 2.55. The van der Waals surface area contributed by atoms with Gasteiger partial charge in [-0.3, -0.25) is 0 Å². The van der Waals surface area contributed by atoms with Gasteiger partial charge in [0, 0.05) is 83.1 Å². The smallest absolute Gasteiger partial charge is 0.252 e. The van der Waals surface area contributed by atoms with Crippen LogP contribution in [0.2, 0.25) is 0 Å². The number of hydrogen-bond donors (Lipinski definition) is 0. The topological polar surface area (TPSA) is 34.4 Å². The van der Waals surface area contributed by atoms with Crippen LogP contribution in [-0.2, 0) is 21.7 Å². The van der Waals surface area contributed by atoms with Crippen molar-refractivity contribution in [1.29, 1.82) is 0 Å². The Morgan fingerprint density at radius 1 is 0.283 bits per heavy atom. The molecule has 6 nitrogen and oxygen atoms in total. The minimum absolute atomic E-state index is 0.00194. The maximum atomic E-state index is 9.94. The van der Waals surface area contributed by atoms with Crippen LogP contribution in [0.3, 0.4) is 0 Å². The lowest BCUT2D eigenvalue weighted by atomic mass is 9.33. The quantitative estimate of drug-likeness (QED) is 0.142. The van der Waals surface area contributed by atoms with E-state index in [-0.39, 0.29) is 55.6 Å². The number of nitrogens with zero attached hydrogens (tertiary/aromatic N) is 5. The van der Waals surface area contributed by atoms with Crippen molar-refractivity contribution in [3.8, 4) is 50.4 Å². The fraction of sp³-hybridized carbons (Fsp3) is 0.151. The summed E-state index contributed by atoms with van der Waals surface area (Å²) in [6.45, 7) is 26.7. The van der Waals surface area contributed by atoms with Gasteiger partial charge in [-0.25, -0.2) is 0 Å². The summed E-state index contributed by atoms with van der Waals surface area (Å²) in [5.74, 6) is 0. The Hall–Kier alpha value is -12.8. The van der Waals surface area contributed by atoms with Gasteiger partial charge in [0.2, 0.25) is 0 Å². The first-order valence-corrected chi connectivity index (χ1v) is 39.4. The standard InChI is InChI=1S/C106H88BN5O/c1-103(2,3)70-44-42-66(43-45-70)68-57-95-101-96(58-68)112(102-77(67-30-17-14-18-31-67)50-55-91-100(102)80-36-21-25-40-88(80)110(91)74-33-27-32-71(60-74)104(4,5)6)93-64-76(109-89-53-46-72(105(7,8)9)61-82(89)83-62-73(106(10,11)12)47-54-90(83)109)49-52-85(93)107(101)84-51-48-75(108-86-38-23-19-34-78(86)79-35-20-24-39-87(79)108)63-92(84)111(95)94-56-69(65-28-15-13-16-29-65)59-98-99(94)81-37-22-26-41-97(81)113-98/h13-64H,1-12H3/i19D,20D,23D,24D,34D,35D,38D,39D. The van der Waals surface area contributed by atoms with E-state index in [1.807, 2.05) is 24.3 Å². The van der Waals surface area contributed by atoms with Crippen LogP contribution in [0.1, 0.15) is 116 Å². The average Bonchev–Trinajstić information content (AvgIpc) is 1.66. The molecule has 0 aliphatic carbocycles. The molecule has 7 heteroatoms. The number of rotatable bonds is 8. The van der Waals surface area contributed by atoms with E-state index in [1.54, 1.807) is 4.57 Å². The predicted octanol–water partition coefficient (Wildman–Crippen LogP) is 27.2. The number of anilines is 6. The second-order valence-corrected chi connectivity index (χ2v) is 35.1. The van der Waals surface area contributed by atoms with Crippen LogP contribution in [0.4, 0.5) is 34.1 Å². The van der Waals surface area contributed by atoms with Crippen LogP contribution in [0.5, 0.6) is 0 Å². The van der Waals surface area contributed by atoms with Crippen molar-refractivity contribution in [2.45, 2.75) is 105 Å². The van der Waals surface area contributed by atoms with E-state index in [4.69, 9.17) is 7.16 Å². The predicted molar refractivity (Wildman–Crippen MR) is 482 cm³/mol. The third-order valence-corrected chi connectivity index (χ3v) is 24.1. The van der Waals surface area contributed by atoms with Crippen LogP contribution in [-0.4, -0.2) is 20.4 Å². The molecule has 0 bridgehead atoms. The first-order valence-electron chi connectivity index (χ1n) is 43.4. The fourth-order valence-electron chi connectivity index (χ4n) is 18.3. The summed E-state index contributed by atoms with van der Waals surface area (Å²) in [5.41, 5.74) is 26.4. The molecule has 0 fully saturated rings. The molecule has 0 saturated heterocycles. The number of hydrogen-bond acceptors (Lipinski definition) is 3. The van der Waals surface area contributed by atoms with Crippen molar-refractivity contribution in [1.82, 2.24) is 13.7 Å². The monoisotopic (exact) mass is 1470 g/mol. The first-order chi connectivity index (χ1) is 57.9. The molecule has 15 aromatic carbocycles. The SMILES string of the molecule is [2H]c1c([2H])c([2H])c2c(c1[2H])c1c([2H])c([2H])c([2H])c([2H])c1n2-c1ccc2c(c1)N(c1cc(-c3ccccc3)cc3oc4ccccc4c13)c1cc(-c3ccc(C(C)(C)C)cc3)cc3c1B2c1ccc(-n2c4ccc(C(C)(C)C)cc4c4cc(C(C)(C)C)ccc42)cc1N3c1c(-c2ccccc2)ccc2c1c1ccccc1n2-c1cccc(C(C)(C)C)c1. The lowest BCUT2D eigenvalue weighted by molar-refractivity contribution is 0.590. The van der Waals surface area contributed by atoms with E-state index in [9.17, 15) is 8.22 Å². The van der Waals surface area contributed by atoms with Gasteiger partial charge in [-0.1, -0.05) is 283 Å². The van der Waals surface area contributed by atoms with Crippen molar-refractivity contribution in [3.05, 3.63) is 338 Å². The van der Waals surface area contributed by atoms with Gasteiger partial charge >= 0.3 is 0 Å². The Morgan fingerprint density at radius 3 is 1.37 bits per heavy atom. The Labute approximate surface area is 672 Å². The molecule has 0 radical (unpaired) electrons. The van der Waals surface area contributed by atoms with Gasteiger partial charge in [0.1, 0.15) is 11.2 Å². The molecule has 0 spiro atoms. The first kappa shape index (κ1) is 60.0. The largest absolute Gasteiger partial charge is 0.456 e. The summed E-state index contributed by atoms with van der Waals surface area (Å²) < 4.78 is 90.0. The zero-order valence-corrected chi connectivity index (χ0v) is 65.6. The molecule has 2 aliphatic rings.